The maximum Gasteiger partial charge on any atom is 0.225 e. The minimum absolute atomic E-state index is 0.0218. The fourth-order valence-corrected chi connectivity index (χ4v) is 3.55. The molecule has 0 spiro atoms. The summed E-state index contributed by atoms with van der Waals surface area (Å²) in [6.07, 6.45) is 5.70. The van der Waals surface area contributed by atoms with E-state index in [0.717, 1.165) is 31.8 Å². The van der Waals surface area contributed by atoms with E-state index in [1.807, 2.05) is 0 Å². The van der Waals surface area contributed by atoms with Crippen molar-refractivity contribution in [2.45, 2.75) is 44.2 Å². The molecule has 5 heteroatoms. The molecule has 3 rings (SSSR count). The first-order valence-corrected chi connectivity index (χ1v) is 8.42. The van der Waals surface area contributed by atoms with Gasteiger partial charge in [-0.15, -0.1) is 0 Å². The number of nitriles is 1. The van der Waals surface area contributed by atoms with E-state index < -0.39 is 0 Å². The number of fused-ring (bicyclic) bond motifs is 1. The number of anilines is 1. The van der Waals surface area contributed by atoms with E-state index in [-0.39, 0.29) is 5.91 Å². The van der Waals surface area contributed by atoms with Crippen molar-refractivity contribution in [2.75, 3.05) is 25.0 Å². The van der Waals surface area contributed by atoms with Crippen LogP contribution in [0.3, 0.4) is 0 Å². The molecule has 5 nitrogen and oxygen atoms in total. The summed E-state index contributed by atoms with van der Waals surface area (Å²) < 4.78 is 5.87. The van der Waals surface area contributed by atoms with Crippen molar-refractivity contribution in [3.63, 3.8) is 0 Å². The smallest absolute Gasteiger partial charge is 0.225 e. The SMILES string of the molecule is N#Cc1ccc(NC(=O)CCN2CCO[C@H]3CCCC[C@H]32)cc1. The number of rotatable bonds is 4. The number of amides is 1. The molecule has 1 heterocycles. The maximum atomic E-state index is 12.1. The molecule has 1 N–H and O–H groups in total. The molecular formula is C18H23N3O2. The zero-order valence-electron chi connectivity index (χ0n) is 13.3. The van der Waals surface area contributed by atoms with Crippen molar-refractivity contribution < 1.29 is 9.53 Å². The molecule has 2 fully saturated rings. The lowest BCUT2D eigenvalue weighted by Crippen LogP contribution is -2.53. The maximum absolute atomic E-state index is 12.1. The van der Waals surface area contributed by atoms with E-state index >= 15 is 0 Å². The lowest BCUT2D eigenvalue weighted by atomic mass is 9.90. The van der Waals surface area contributed by atoms with Crippen LogP contribution in [0.1, 0.15) is 37.7 Å². The van der Waals surface area contributed by atoms with Gasteiger partial charge in [0.2, 0.25) is 5.91 Å². The van der Waals surface area contributed by atoms with Crippen LogP contribution in [0.2, 0.25) is 0 Å². The van der Waals surface area contributed by atoms with Crippen LogP contribution in [0.25, 0.3) is 0 Å². The highest BCUT2D eigenvalue weighted by molar-refractivity contribution is 5.90. The molecule has 1 aromatic rings. The average Bonchev–Trinajstić information content (AvgIpc) is 2.60. The van der Waals surface area contributed by atoms with Crippen molar-refractivity contribution >= 4 is 11.6 Å². The molecule has 1 aliphatic carbocycles. The summed E-state index contributed by atoms with van der Waals surface area (Å²) in [5.41, 5.74) is 1.34. The highest BCUT2D eigenvalue weighted by Crippen LogP contribution is 2.28. The van der Waals surface area contributed by atoms with E-state index in [4.69, 9.17) is 10.00 Å². The van der Waals surface area contributed by atoms with Crippen LogP contribution in [0.4, 0.5) is 5.69 Å². The fourth-order valence-electron chi connectivity index (χ4n) is 3.55. The van der Waals surface area contributed by atoms with Gasteiger partial charge in [0, 0.05) is 31.2 Å². The molecule has 2 aliphatic rings. The van der Waals surface area contributed by atoms with Crippen LogP contribution in [0.5, 0.6) is 0 Å². The Morgan fingerprint density at radius 3 is 2.87 bits per heavy atom. The van der Waals surface area contributed by atoms with Crippen LogP contribution >= 0.6 is 0 Å². The second-order valence-electron chi connectivity index (χ2n) is 6.28. The second-order valence-corrected chi connectivity index (χ2v) is 6.28. The molecule has 23 heavy (non-hydrogen) atoms. The summed E-state index contributed by atoms with van der Waals surface area (Å²) >= 11 is 0. The molecule has 1 aliphatic heterocycles. The third kappa shape index (κ3) is 4.10. The molecule has 0 aromatic heterocycles. The number of hydrogen-bond donors (Lipinski definition) is 1. The summed E-state index contributed by atoms with van der Waals surface area (Å²) in [6, 6.07) is 9.51. The molecule has 1 amide bonds. The quantitative estimate of drug-likeness (QED) is 0.927. The van der Waals surface area contributed by atoms with Crippen molar-refractivity contribution in [3.8, 4) is 6.07 Å². The Labute approximate surface area is 137 Å². The highest BCUT2D eigenvalue weighted by atomic mass is 16.5. The number of ether oxygens (including phenoxy) is 1. The van der Waals surface area contributed by atoms with Gasteiger partial charge >= 0.3 is 0 Å². The molecule has 1 saturated heterocycles. The third-order valence-corrected chi connectivity index (χ3v) is 4.77. The highest BCUT2D eigenvalue weighted by Gasteiger charge is 2.33. The van der Waals surface area contributed by atoms with Gasteiger partial charge in [-0.05, 0) is 37.1 Å². The minimum Gasteiger partial charge on any atom is -0.375 e. The predicted molar refractivity (Wildman–Crippen MR) is 88.0 cm³/mol. The van der Waals surface area contributed by atoms with Crippen molar-refractivity contribution in [2.24, 2.45) is 0 Å². The van der Waals surface area contributed by atoms with Gasteiger partial charge in [0.05, 0.1) is 24.3 Å². The van der Waals surface area contributed by atoms with Gasteiger partial charge in [-0.1, -0.05) is 12.8 Å². The topological polar surface area (TPSA) is 65.4 Å². The molecule has 1 saturated carbocycles. The van der Waals surface area contributed by atoms with Gasteiger partial charge in [0.1, 0.15) is 0 Å². The van der Waals surface area contributed by atoms with Crippen molar-refractivity contribution in [3.05, 3.63) is 29.8 Å². The number of nitrogens with zero attached hydrogens (tertiary/aromatic N) is 2. The Morgan fingerprint density at radius 2 is 2.09 bits per heavy atom. The number of hydrogen-bond acceptors (Lipinski definition) is 4. The lowest BCUT2D eigenvalue weighted by molar-refractivity contribution is -0.118. The number of carbonyl (C=O) groups is 1. The summed E-state index contributed by atoms with van der Waals surface area (Å²) in [5, 5.41) is 11.7. The summed E-state index contributed by atoms with van der Waals surface area (Å²) in [4.78, 5) is 14.6. The van der Waals surface area contributed by atoms with Crippen LogP contribution in [-0.4, -0.2) is 42.6 Å². The predicted octanol–water partition coefficient (Wildman–Crippen LogP) is 2.53. The Hall–Kier alpha value is -1.90. The van der Waals surface area contributed by atoms with Gasteiger partial charge in [-0.25, -0.2) is 0 Å². The van der Waals surface area contributed by atoms with Gasteiger partial charge in [0.25, 0.3) is 0 Å². The number of morpholine rings is 1. The lowest BCUT2D eigenvalue weighted by Gasteiger charge is -2.43. The van der Waals surface area contributed by atoms with Gasteiger partial charge < -0.3 is 10.1 Å². The average molecular weight is 313 g/mol. The first-order valence-electron chi connectivity index (χ1n) is 8.42. The van der Waals surface area contributed by atoms with Crippen molar-refractivity contribution in [1.29, 1.82) is 5.26 Å². The zero-order chi connectivity index (χ0) is 16.1. The van der Waals surface area contributed by atoms with E-state index in [9.17, 15) is 4.79 Å². The zero-order valence-corrected chi connectivity index (χ0v) is 13.3. The molecule has 0 unspecified atom stereocenters. The van der Waals surface area contributed by atoms with Gasteiger partial charge in [0.15, 0.2) is 0 Å². The molecule has 2 atom stereocenters. The van der Waals surface area contributed by atoms with Gasteiger partial charge in [-0.2, -0.15) is 5.26 Å². The molecule has 1 aromatic carbocycles. The van der Waals surface area contributed by atoms with E-state index in [1.54, 1.807) is 24.3 Å². The standard InChI is InChI=1S/C18H23N3O2/c19-13-14-5-7-15(8-6-14)20-18(22)9-10-21-11-12-23-17-4-2-1-3-16(17)21/h5-8,16-17H,1-4,9-12H2,(H,20,22)/t16-,17+/m1/s1. The molecule has 122 valence electrons. The normalized spacial score (nSPS) is 24.5. The molecule has 0 bridgehead atoms. The Morgan fingerprint density at radius 1 is 1.30 bits per heavy atom. The summed E-state index contributed by atoms with van der Waals surface area (Å²) in [7, 11) is 0. The van der Waals surface area contributed by atoms with Crippen LogP contribution in [0, 0.1) is 11.3 Å². The number of nitrogens with one attached hydrogen (secondary N) is 1. The monoisotopic (exact) mass is 313 g/mol. The molecule has 0 radical (unpaired) electrons. The summed E-state index contributed by atoms with van der Waals surface area (Å²) in [6.45, 7) is 2.48. The van der Waals surface area contributed by atoms with Crippen LogP contribution in [-0.2, 0) is 9.53 Å². The first-order chi connectivity index (χ1) is 11.3. The largest absolute Gasteiger partial charge is 0.375 e. The Balaban J connectivity index is 1.49. The second kappa shape index (κ2) is 7.58. The summed E-state index contributed by atoms with van der Waals surface area (Å²) in [5.74, 6) is 0.0218. The fraction of sp³-hybridized carbons (Fsp3) is 0.556. The van der Waals surface area contributed by atoms with Crippen LogP contribution in [0.15, 0.2) is 24.3 Å². The number of carbonyl (C=O) groups excluding carboxylic acids is 1. The third-order valence-electron chi connectivity index (χ3n) is 4.77. The van der Waals surface area contributed by atoms with E-state index in [2.05, 4.69) is 16.3 Å². The minimum atomic E-state index is 0.0218. The van der Waals surface area contributed by atoms with Crippen molar-refractivity contribution in [1.82, 2.24) is 4.90 Å². The van der Waals surface area contributed by atoms with Gasteiger partial charge in [-0.3, -0.25) is 9.69 Å². The van der Waals surface area contributed by atoms with E-state index in [1.165, 1.54) is 19.3 Å². The number of benzene rings is 1. The van der Waals surface area contributed by atoms with E-state index in [0.29, 0.717) is 24.1 Å². The first kappa shape index (κ1) is 16.0. The van der Waals surface area contributed by atoms with Crippen LogP contribution < -0.4 is 5.32 Å². The molecular weight excluding hydrogens is 290 g/mol. The Bertz CT molecular complexity index is 577. The Kier molecular flexibility index (Phi) is 5.27.